The second-order valence-electron chi connectivity index (χ2n) is 6.73. The van der Waals surface area contributed by atoms with Crippen molar-refractivity contribution in [3.05, 3.63) is 53.6 Å². The van der Waals surface area contributed by atoms with E-state index in [4.69, 9.17) is 9.47 Å². The summed E-state index contributed by atoms with van der Waals surface area (Å²) in [7, 11) is -2.35. The highest BCUT2D eigenvalue weighted by Crippen LogP contribution is 2.27. The van der Waals surface area contributed by atoms with Crippen LogP contribution in [0.5, 0.6) is 11.5 Å². The summed E-state index contributed by atoms with van der Waals surface area (Å²) in [6.07, 6.45) is 0.625. The van der Waals surface area contributed by atoms with Crippen LogP contribution < -0.4 is 14.8 Å². The molecule has 0 spiro atoms. The summed E-state index contributed by atoms with van der Waals surface area (Å²) in [5.41, 5.74) is 1.39. The van der Waals surface area contributed by atoms with E-state index >= 15 is 0 Å². The van der Waals surface area contributed by atoms with Crippen molar-refractivity contribution in [1.29, 1.82) is 0 Å². The highest BCUT2D eigenvalue weighted by Gasteiger charge is 2.26. The predicted octanol–water partition coefficient (Wildman–Crippen LogP) is 3.23. The molecule has 0 fully saturated rings. The lowest BCUT2D eigenvalue weighted by Crippen LogP contribution is -2.31. The average molecular weight is 435 g/mol. The Morgan fingerprint density at radius 3 is 2.47 bits per heavy atom. The molecule has 8 heteroatoms. The fourth-order valence-electron chi connectivity index (χ4n) is 2.99. The summed E-state index contributed by atoms with van der Waals surface area (Å²) < 4.78 is 38.0. The van der Waals surface area contributed by atoms with Crippen molar-refractivity contribution in [2.24, 2.45) is 0 Å². The van der Waals surface area contributed by atoms with Crippen molar-refractivity contribution in [3.63, 3.8) is 0 Å². The van der Waals surface area contributed by atoms with Gasteiger partial charge in [0.25, 0.3) is 5.91 Å². The first kappa shape index (κ1) is 23.7. The number of nitrogens with one attached hydrogen (secondary N) is 1. The largest absolute Gasteiger partial charge is 0.495 e. The third kappa shape index (κ3) is 5.96. The number of benzene rings is 2. The molecule has 2 rings (SSSR count). The first-order valence-corrected chi connectivity index (χ1v) is 11.4. The number of carbonyl (C=O) groups excluding carboxylic acids is 1. The summed E-state index contributed by atoms with van der Waals surface area (Å²) in [5, 5.41) is 2.80. The van der Waals surface area contributed by atoms with Crippen LogP contribution in [0.4, 0.5) is 0 Å². The van der Waals surface area contributed by atoms with Gasteiger partial charge in [-0.25, -0.2) is 8.42 Å². The van der Waals surface area contributed by atoms with Crippen molar-refractivity contribution >= 4 is 15.9 Å². The number of hydrogen-bond donors (Lipinski definition) is 1. The second-order valence-corrected chi connectivity index (χ2v) is 8.64. The molecule has 0 radical (unpaired) electrons. The molecule has 0 saturated carbocycles. The number of carbonyl (C=O) groups is 1. The predicted molar refractivity (Wildman–Crippen MR) is 117 cm³/mol. The minimum atomic E-state index is -3.75. The van der Waals surface area contributed by atoms with Crippen LogP contribution in [0.1, 0.15) is 36.2 Å². The van der Waals surface area contributed by atoms with E-state index in [0.717, 1.165) is 11.3 Å². The lowest BCUT2D eigenvalue weighted by molar-refractivity contribution is 0.0951. The number of rotatable bonds is 11. The molecule has 2 aromatic carbocycles. The zero-order chi connectivity index (χ0) is 22.1. The molecule has 0 aliphatic rings. The molecular formula is C22H30N2O5S. The van der Waals surface area contributed by atoms with Crippen molar-refractivity contribution in [3.8, 4) is 11.5 Å². The molecule has 0 aliphatic carbocycles. The molecule has 7 nitrogen and oxygen atoms in total. The SMILES string of the molecule is CCN(CC)S(=O)(=O)c1cc(C(=O)NCCCOc2cccc(C)c2)ccc1OC. The van der Waals surface area contributed by atoms with Crippen LogP contribution >= 0.6 is 0 Å². The molecule has 1 amide bonds. The van der Waals surface area contributed by atoms with Crippen molar-refractivity contribution in [2.75, 3.05) is 33.4 Å². The van der Waals surface area contributed by atoms with Crippen molar-refractivity contribution < 1.29 is 22.7 Å². The highest BCUT2D eigenvalue weighted by atomic mass is 32.2. The Morgan fingerprint density at radius 1 is 1.10 bits per heavy atom. The standard InChI is InChI=1S/C22H30N2O5S/c1-5-24(6-2)30(26,27)21-16-18(11-12-20(21)28-4)22(25)23-13-8-14-29-19-10-7-9-17(3)15-19/h7,9-12,15-16H,5-6,8,13-14H2,1-4H3,(H,23,25). The highest BCUT2D eigenvalue weighted by molar-refractivity contribution is 7.89. The van der Waals surface area contributed by atoms with Gasteiger partial charge in [0.1, 0.15) is 16.4 Å². The van der Waals surface area contributed by atoms with Gasteiger partial charge in [-0.1, -0.05) is 26.0 Å². The molecule has 2 aromatic rings. The van der Waals surface area contributed by atoms with Gasteiger partial charge in [0.15, 0.2) is 0 Å². The topological polar surface area (TPSA) is 84.9 Å². The number of methoxy groups -OCH3 is 1. The Labute approximate surface area is 179 Å². The second kappa shape index (κ2) is 11.0. The summed E-state index contributed by atoms with van der Waals surface area (Å²) in [5.74, 6) is 0.664. The van der Waals surface area contributed by atoms with Gasteiger partial charge in [0, 0.05) is 25.2 Å². The lowest BCUT2D eigenvalue weighted by atomic mass is 10.2. The van der Waals surface area contributed by atoms with Crippen LogP contribution in [0.2, 0.25) is 0 Å². The molecule has 0 aromatic heterocycles. The average Bonchev–Trinajstić information content (AvgIpc) is 2.73. The number of sulfonamides is 1. The van der Waals surface area contributed by atoms with Gasteiger partial charge in [-0.3, -0.25) is 4.79 Å². The molecule has 0 saturated heterocycles. The molecule has 0 unspecified atom stereocenters. The first-order valence-electron chi connectivity index (χ1n) is 9.99. The molecule has 0 heterocycles. The minimum Gasteiger partial charge on any atom is -0.495 e. The maximum atomic E-state index is 12.9. The summed E-state index contributed by atoms with van der Waals surface area (Å²) in [6, 6.07) is 12.2. The Morgan fingerprint density at radius 2 is 1.83 bits per heavy atom. The molecule has 0 atom stereocenters. The van der Waals surface area contributed by atoms with Crippen molar-refractivity contribution in [2.45, 2.75) is 32.1 Å². The number of nitrogens with zero attached hydrogens (tertiary/aromatic N) is 1. The van der Waals surface area contributed by atoms with Gasteiger partial charge >= 0.3 is 0 Å². The van der Waals surface area contributed by atoms with Gasteiger partial charge in [0.05, 0.1) is 13.7 Å². The summed E-state index contributed by atoms with van der Waals surface area (Å²) in [6.45, 7) is 7.07. The fraction of sp³-hybridized carbons (Fsp3) is 0.409. The fourth-order valence-corrected chi connectivity index (χ4v) is 4.63. The molecular weight excluding hydrogens is 404 g/mol. The van der Waals surface area contributed by atoms with E-state index in [0.29, 0.717) is 32.7 Å². The van der Waals surface area contributed by atoms with Crippen LogP contribution in [0, 0.1) is 6.92 Å². The Balaban J connectivity index is 2.00. The van der Waals surface area contributed by atoms with Crippen LogP contribution in [0.15, 0.2) is 47.4 Å². The lowest BCUT2D eigenvalue weighted by Gasteiger charge is -2.20. The van der Waals surface area contributed by atoms with Gasteiger partial charge in [-0.15, -0.1) is 0 Å². The van der Waals surface area contributed by atoms with Gasteiger partial charge in [-0.2, -0.15) is 4.31 Å². The van der Waals surface area contributed by atoms with E-state index in [1.165, 1.54) is 23.5 Å². The first-order chi connectivity index (χ1) is 14.3. The van der Waals surface area contributed by atoms with Crippen LogP contribution in [-0.4, -0.2) is 52.0 Å². The Hall–Kier alpha value is -2.58. The maximum absolute atomic E-state index is 12.9. The number of aryl methyl sites for hydroxylation is 1. The third-order valence-corrected chi connectivity index (χ3v) is 6.69. The minimum absolute atomic E-state index is 0.0101. The summed E-state index contributed by atoms with van der Waals surface area (Å²) >= 11 is 0. The number of amides is 1. The molecule has 30 heavy (non-hydrogen) atoms. The Bertz CT molecular complexity index is 956. The van der Waals surface area contributed by atoms with Gasteiger partial charge in [0.2, 0.25) is 10.0 Å². The normalized spacial score (nSPS) is 11.4. The smallest absolute Gasteiger partial charge is 0.251 e. The zero-order valence-electron chi connectivity index (χ0n) is 18.0. The van der Waals surface area contributed by atoms with E-state index in [1.807, 2.05) is 31.2 Å². The number of ether oxygens (including phenoxy) is 2. The van der Waals surface area contributed by atoms with Crippen molar-refractivity contribution in [1.82, 2.24) is 9.62 Å². The van der Waals surface area contributed by atoms with Crippen LogP contribution in [0.25, 0.3) is 0 Å². The zero-order valence-corrected chi connectivity index (χ0v) is 18.8. The van der Waals surface area contributed by atoms with Crippen LogP contribution in [-0.2, 0) is 10.0 Å². The van der Waals surface area contributed by atoms with Gasteiger partial charge in [-0.05, 0) is 49.2 Å². The number of hydrogen-bond acceptors (Lipinski definition) is 5. The van der Waals surface area contributed by atoms with E-state index in [1.54, 1.807) is 19.9 Å². The van der Waals surface area contributed by atoms with E-state index in [2.05, 4.69) is 5.32 Å². The monoisotopic (exact) mass is 434 g/mol. The molecule has 1 N–H and O–H groups in total. The quantitative estimate of drug-likeness (QED) is 0.549. The summed E-state index contributed by atoms with van der Waals surface area (Å²) in [4.78, 5) is 12.5. The third-order valence-electron chi connectivity index (χ3n) is 4.61. The molecule has 0 bridgehead atoms. The molecule has 0 aliphatic heterocycles. The Kier molecular flexibility index (Phi) is 8.68. The van der Waals surface area contributed by atoms with Gasteiger partial charge < -0.3 is 14.8 Å². The van der Waals surface area contributed by atoms with E-state index in [9.17, 15) is 13.2 Å². The van der Waals surface area contributed by atoms with E-state index < -0.39 is 10.0 Å². The maximum Gasteiger partial charge on any atom is 0.251 e. The van der Waals surface area contributed by atoms with Crippen LogP contribution in [0.3, 0.4) is 0 Å². The molecule has 164 valence electrons. The van der Waals surface area contributed by atoms with E-state index in [-0.39, 0.29) is 22.1 Å².